The van der Waals surface area contributed by atoms with Gasteiger partial charge in [0.15, 0.2) is 0 Å². The molecule has 3 heterocycles. The molecular formula is C29H37N5O7. The van der Waals surface area contributed by atoms with Gasteiger partial charge in [-0.05, 0) is 55.7 Å². The molecule has 1 aliphatic carbocycles. The lowest BCUT2D eigenvalue weighted by Crippen LogP contribution is -2.55. The van der Waals surface area contributed by atoms with Gasteiger partial charge in [-0.1, -0.05) is 12.5 Å². The van der Waals surface area contributed by atoms with E-state index in [4.69, 9.17) is 9.47 Å². The van der Waals surface area contributed by atoms with Crippen LogP contribution in [0.2, 0.25) is 0 Å². The van der Waals surface area contributed by atoms with Gasteiger partial charge < -0.3 is 35.3 Å². The second kappa shape index (κ2) is 12.3. The molecular weight excluding hydrogens is 530 g/mol. The topological polar surface area (TPSA) is 159 Å². The third-order valence-corrected chi connectivity index (χ3v) is 8.63. The first kappa shape index (κ1) is 28.6. The Morgan fingerprint density at radius 1 is 1.15 bits per heavy atom. The zero-order valence-electron chi connectivity index (χ0n) is 23.4. The fraction of sp³-hybridized carbons (Fsp3) is 0.552. The van der Waals surface area contributed by atoms with Gasteiger partial charge in [0.1, 0.15) is 17.5 Å². The number of amides is 4. The minimum atomic E-state index is -1.20. The molecule has 12 nitrogen and oxygen atoms in total. The highest BCUT2D eigenvalue weighted by molar-refractivity contribution is 6.38. The Morgan fingerprint density at radius 3 is 2.71 bits per heavy atom. The van der Waals surface area contributed by atoms with Crippen LogP contribution in [0.25, 0.3) is 10.9 Å². The van der Waals surface area contributed by atoms with Crippen LogP contribution in [0.4, 0.5) is 0 Å². The van der Waals surface area contributed by atoms with Gasteiger partial charge >= 0.3 is 0 Å². The standard InChI is InChI=1S/C29H37N5O7/c1-40-12-11-31-28(38)25(35)21(13-16-9-10-30-26(16)36)33-27(37)24-18-6-3-5-17(18)15-34(24)29(39)22-14-19-20(32-22)7-4-8-23(19)41-2/h4,7-8,14,16-18,21,24,32H,3,5-6,9-13,15H2,1-2H3,(H,30,36)(H,31,38)(H,33,37)/t16-,17-,18-,21-,24-/m0/s1. The minimum Gasteiger partial charge on any atom is -0.496 e. The van der Waals surface area contributed by atoms with Crippen molar-refractivity contribution in [2.75, 3.05) is 40.5 Å². The molecule has 5 atom stereocenters. The summed E-state index contributed by atoms with van der Waals surface area (Å²) in [5, 5.41) is 8.79. The van der Waals surface area contributed by atoms with Crippen molar-refractivity contribution in [2.24, 2.45) is 17.8 Å². The molecule has 1 aromatic heterocycles. The summed E-state index contributed by atoms with van der Waals surface area (Å²) in [4.78, 5) is 70.7. The molecule has 0 unspecified atom stereocenters. The number of carbonyl (C=O) groups is 5. The number of nitrogens with one attached hydrogen (secondary N) is 4. The molecule has 5 rings (SSSR count). The first-order chi connectivity index (χ1) is 19.8. The Labute approximate surface area is 237 Å². The average Bonchev–Trinajstić information content (AvgIpc) is 3.75. The maximum absolute atomic E-state index is 13.9. The summed E-state index contributed by atoms with van der Waals surface area (Å²) in [6, 6.07) is 5.23. The Morgan fingerprint density at radius 2 is 1.98 bits per heavy atom. The predicted octanol–water partition coefficient (Wildman–Crippen LogP) is 0.760. The van der Waals surface area contributed by atoms with E-state index >= 15 is 0 Å². The maximum Gasteiger partial charge on any atom is 0.289 e. The summed E-state index contributed by atoms with van der Waals surface area (Å²) in [5.74, 6) is -2.44. The number of aromatic amines is 1. The van der Waals surface area contributed by atoms with E-state index < -0.39 is 35.6 Å². The molecule has 0 radical (unpaired) electrons. The predicted molar refractivity (Wildman–Crippen MR) is 148 cm³/mol. The van der Waals surface area contributed by atoms with Crippen LogP contribution in [-0.4, -0.2) is 91.8 Å². The van der Waals surface area contributed by atoms with E-state index in [1.165, 1.54) is 7.11 Å². The third kappa shape index (κ3) is 5.79. The van der Waals surface area contributed by atoms with E-state index in [9.17, 15) is 24.0 Å². The SMILES string of the molecule is COCCNC(=O)C(=O)[C@H](C[C@@H]1CCNC1=O)NC(=O)[C@@H]1[C@H]2CCC[C@H]2CN1C(=O)c1cc2c(OC)cccc2[nH]1. The summed E-state index contributed by atoms with van der Waals surface area (Å²) in [6.07, 6.45) is 3.16. The Hall–Kier alpha value is -3.93. The van der Waals surface area contributed by atoms with Crippen molar-refractivity contribution in [3.63, 3.8) is 0 Å². The number of likely N-dealkylation sites (tertiary alicyclic amines) is 1. The fourth-order valence-corrected chi connectivity index (χ4v) is 6.58. The van der Waals surface area contributed by atoms with Crippen molar-refractivity contribution in [3.05, 3.63) is 30.0 Å². The van der Waals surface area contributed by atoms with Crippen LogP contribution in [-0.2, 0) is 23.9 Å². The van der Waals surface area contributed by atoms with E-state index in [0.29, 0.717) is 31.0 Å². The number of methoxy groups -OCH3 is 2. The van der Waals surface area contributed by atoms with Gasteiger partial charge in [0.05, 0.1) is 19.8 Å². The van der Waals surface area contributed by atoms with Gasteiger partial charge in [0.25, 0.3) is 11.8 Å². The number of benzene rings is 1. The van der Waals surface area contributed by atoms with E-state index in [0.717, 1.165) is 30.2 Å². The lowest BCUT2D eigenvalue weighted by molar-refractivity contribution is -0.141. The zero-order valence-corrected chi connectivity index (χ0v) is 23.4. The van der Waals surface area contributed by atoms with Crippen LogP contribution in [0.15, 0.2) is 24.3 Å². The van der Waals surface area contributed by atoms with Gasteiger partial charge in [-0.15, -0.1) is 0 Å². The molecule has 0 bridgehead atoms. The quantitative estimate of drug-likeness (QED) is 0.230. The van der Waals surface area contributed by atoms with Crippen molar-refractivity contribution in [3.8, 4) is 5.75 Å². The number of carbonyl (C=O) groups excluding carboxylic acids is 5. The van der Waals surface area contributed by atoms with Crippen LogP contribution < -0.4 is 20.7 Å². The van der Waals surface area contributed by atoms with E-state index in [1.54, 1.807) is 18.1 Å². The molecule has 1 aromatic carbocycles. The Bertz CT molecular complexity index is 1340. The van der Waals surface area contributed by atoms with E-state index in [-0.39, 0.29) is 43.2 Å². The monoisotopic (exact) mass is 567 g/mol. The highest BCUT2D eigenvalue weighted by atomic mass is 16.5. The van der Waals surface area contributed by atoms with Gasteiger partial charge in [-0.25, -0.2) is 0 Å². The average molecular weight is 568 g/mol. The summed E-state index contributed by atoms with van der Waals surface area (Å²) in [5.41, 5.74) is 1.09. The largest absolute Gasteiger partial charge is 0.496 e. The molecule has 2 aromatic rings. The van der Waals surface area contributed by atoms with Crippen LogP contribution in [0, 0.1) is 17.8 Å². The smallest absolute Gasteiger partial charge is 0.289 e. The normalized spacial score (nSPS) is 24.1. The van der Waals surface area contributed by atoms with E-state index in [2.05, 4.69) is 20.9 Å². The van der Waals surface area contributed by atoms with Gasteiger partial charge in [0.2, 0.25) is 17.6 Å². The minimum absolute atomic E-state index is 0.00464. The number of H-pyrrole nitrogens is 1. The lowest BCUT2D eigenvalue weighted by Gasteiger charge is -2.29. The highest BCUT2D eigenvalue weighted by Crippen LogP contribution is 2.43. The van der Waals surface area contributed by atoms with Gasteiger partial charge in [-0.3, -0.25) is 24.0 Å². The molecule has 2 aliphatic heterocycles. The third-order valence-electron chi connectivity index (χ3n) is 8.63. The van der Waals surface area contributed by atoms with Crippen LogP contribution in [0.1, 0.15) is 42.6 Å². The molecule has 0 spiro atoms. The number of hydrogen-bond acceptors (Lipinski definition) is 7. The molecule has 4 amide bonds. The first-order valence-electron chi connectivity index (χ1n) is 14.2. The maximum atomic E-state index is 13.9. The van der Waals surface area contributed by atoms with Gasteiger partial charge in [-0.2, -0.15) is 0 Å². The number of nitrogens with zero attached hydrogens (tertiary/aromatic N) is 1. The number of aromatic nitrogens is 1. The van der Waals surface area contributed by atoms with Crippen LogP contribution in [0.3, 0.4) is 0 Å². The fourth-order valence-electron chi connectivity index (χ4n) is 6.58. The van der Waals surface area contributed by atoms with Crippen LogP contribution in [0.5, 0.6) is 5.75 Å². The Kier molecular flexibility index (Phi) is 8.57. The summed E-state index contributed by atoms with van der Waals surface area (Å²) < 4.78 is 10.4. The van der Waals surface area contributed by atoms with Crippen molar-refractivity contribution >= 4 is 40.3 Å². The molecule has 41 heavy (non-hydrogen) atoms. The van der Waals surface area contributed by atoms with Crippen molar-refractivity contribution in [2.45, 2.75) is 44.2 Å². The zero-order chi connectivity index (χ0) is 29.1. The molecule has 3 aliphatic rings. The number of hydrogen-bond donors (Lipinski definition) is 4. The first-order valence-corrected chi connectivity index (χ1v) is 14.2. The highest BCUT2D eigenvalue weighted by Gasteiger charge is 2.50. The number of rotatable bonds is 11. The molecule has 4 N–H and O–H groups in total. The summed E-state index contributed by atoms with van der Waals surface area (Å²) in [7, 11) is 3.04. The molecule has 12 heteroatoms. The molecule has 3 fully saturated rings. The van der Waals surface area contributed by atoms with Crippen LogP contribution >= 0.6 is 0 Å². The second-order valence-corrected chi connectivity index (χ2v) is 11.0. The van der Waals surface area contributed by atoms with Crippen molar-refractivity contribution < 1.29 is 33.4 Å². The number of Topliss-reactive ketones (excluding diaryl/α,β-unsaturated/α-hetero) is 1. The molecule has 2 saturated heterocycles. The lowest BCUT2D eigenvalue weighted by atomic mass is 9.91. The second-order valence-electron chi connectivity index (χ2n) is 11.0. The van der Waals surface area contributed by atoms with Gasteiger partial charge in [0, 0.05) is 43.6 Å². The molecule has 220 valence electrons. The summed E-state index contributed by atoms with van der Waals surface area (Å²) in [6.45, 7) is 1.26. The van der Waals surface area contributed by atoms with Crippen molar-refractivity contribution in [1.82, 2.24) is 25.8 Å². The number of ketones is 1. The Balaban J connectivity index is 1.38. The number of ether oxygens (including phenoxy) is 2. The number of fused-ring (bicyclic) bond motifs is 2. The van der Waals surface area contributed by atoms with Crippen molar-refractivity contribution in [1.29, 1.82) is 0 Å². The molecule has 1 saturated carbocycles. The van der Waals surface area contributed by atoms with E-state index in [1.807, 2.05) is 18.2 Å². The summed E-state index contributed by atoms with van der Waals surface area (Å²) >= 11 is 0.